The highest BCUT2D eigenvalue weighted by Gasteiger charge is 2.38. The molecule has 0 bridgehead atoms. The number of nitrogens with one attached hydrogen (secondary N) is 1. The van der Waals surface area contributed by atoms with Crippen molar-refractivity contribution in [2.45, 2.75) is 22.7 Å². The number of rotatable bonds is 3. The number of aromatic amines is 1. The van der Waals surface area contributed by atoms with Crippen molar-refractivity contribution in [2.24, 2.45) is 0 Å². The van der Waals surface area contributed by atoms with Crippen LogP contribution < -0.4 is 0 Å². The van der Waals surface area contributed by atoms with Crippen LogP contribution in [-0.2, 0) is 6.18 Å². The lowest BCUT2D eigenvalue weighted by atomic mass is 10.2. The Bertz CT molecular complexity index is 584. The summed E-state index contributed by atoms with van der Waals surface area (Å²) in [6.07, 6.45) is -2.91. The first kappa shape index (κ1) is 15.1. The maximum absolute atomic E-state index is 12.8. The molecule has 2 aromatic heterocycles. The number of nitrogens with zero attached hydrogens (tertiary/aromatic N) is 2. The first-order chi connectivity index (χ1) is 8.79. The molecular weight excluding hydrogens is 387 g/mol. The lowest BCUT2D eigenvalue weighted by Crippen LogP contribution is -2.09. The smallest absolute Gasteiger partial charge is 0.272 e. The summed E-state index contributed by atoms with van der Waals surface area (Å²) in [5.41, 5.74) is -0.960. The van der Waals surface area contributed by atoms with Crippen molar-refractivity contribution in [1.82, 2.24) is 15.2 Å². The molecule has 10 heteroatoms. The van der Waals surface area contributed by atoms with Crippen LogP contribution in [0.25, 0.3) is 0 Å². The molecule has 0 aromatic carbocycles. The maximum Gasteiger partial charge on any atom is 0.433 e. The van der Waals surface area contributed by atoms with Gasteiger partial charge in [0.05, 0.1) is 9.98 Å². The van der Waals surface area contributed by atoms with Gasteiger partial charge in [0.2, 0.25) is 0 Å². The lowest BCUT2D eigenvalue weighted by molar-refractivity contribution is -0.141. The fraction of sp³-hybridized carbons (Fsp3) is 0.333. The molecule has 3 nitrogen and oxygen atoms in total. The topological polar surface area (TPSA) is 41.6 Å². The van der Waals surface area contributed by atoms with Gasteiger partial charge in [-0.2, -0.15) is 18.3 Å². The number of alkyl halides is 3. The normalized spacial score (nSPS) is 13.8. The molecule has 0 amide bonds. The van der Waals surface area contributed by atoms with Crippen molar-refractivity contribution in [3.8, 4) is 0 Å². The standard InChI is InChI=1S/C9H6BrClF3N3S2/c1-3(18-8-15-2-4(10)19-8)5-6(9(12,13)14)16-17-7(5)11/h2-3H,1H3,(H,16,17). The van der Waals surface area contributed by atoms with Crippen molar-refractivity contribution >= 4 is 50.6 Å². The van der Waals surface area contributed by atoms with E-state index in [0.29, 0.717) is 4.34 Å². The van der Waals surface area contributed by atoms with Crippen LogP contribution in [0, 0.1) is 0 Å². The van der Waals surface area contributed by atoms with Gasteiger partial charge in [0.1, 0.15) is 5.69 Å². The molecule has 19 heavy (non-hydrogen) atoms. The molecule has 1 atom stereocenters. The average molecular weight is 393 g/mol. The third kappa shape index (κ3) is 3.45. The summed E-state index contributed by atoms with van der Waals surface area (Å²) in [4.78, 5) is 4.07. The largest absolute Gasteiger partial charge is 0.433 e. The van der Waals surface area contributed by atoms with Gasteiger partial charge < -0.3 is 0 Å². The number of thiazole rings is 1. The quantitative estimate of drug-likeness (QED) is 0.734. The zero-order valence-electron chi connectivity index (χ0n) is 9.26. The van der Waals surface area contributed by atoms with Gasteiger partial charge in [0.25, 0.3) is 0 Å². The van der Waals surface area contributed by atoms with Crippen molar-refractivity contribution in [3.63, 3.8) is 0 Å². The van der Waals surface area contributed by atoms with Crippen LogP contribution in [0.5, 0.6) is 0 Å². The number of thioether (sulfide) groups is 1. The summed E-state index contributed by atoms with van der Waals surface area (Å²) < 4.78 is 39.9. The zero-order chi connectivity index (χ0) is 14.2. The SMILES string of the molecule is CC(Sc1ncc(Br)s1)c1c(Cl)n[nH]c1C(F)(F)F. The van der Waals surface area contributed by atoms with E-state index in [-0.39, 0.29) is 10.7 Å². The van der Waals surface area contributed by atoms with E-state index in [0.717, 1.165) is 3.79 Å². The van der Waals surface area contributed by atoms with E-state index in [2.05, 4.69) is 26.0 Å². The van der Waals surface area contributed by atoms with E-state index in [1.807, 2.05) is 5.10 Å². The molecule has 1 unspecified atom stereocenters. The molecule has 2 heterocycles. The highest BCUT2D eigenvalue weighted by atomic mass is 79.9. The van der Waals surface area contributed by atoms with Crippen molar-refractivity contribution in [1.29, 1.82) is 0 Å². The Morgan fingerprint density at radius 3 is 2.74 bits per heavy atom. The Kier molecular flexibility index (Phi) is 4.49. The third-order valence-corrected chi connectivity index (χ3v) is 5.18. The monoisotopic (exact) mass is 391 g/mol. The van der Waals surface area contributed by atoms with Gasteiger partial charge in [-0.3, -0.25) is 5.10 Å². The first-order valence-corrected chi connectivity index (χ1v) is 7.74. The van der Waals surface area contributed by atoms with Crippen molar-refractivity contribution < 1.29 is 13.2 Å². The molecular formula is C9H6BrClF3N3S2. The van der Waals surface area contributed by atoms with Crippen molar-refractivity contribution in [2.75, 3.05) is 0 Å². The van der Waals surface area contributed by atoms with Gasteiger partial charge in [-0.05, 0) is 22.9 Å². The number of H-pyrrole nitrogens is 1. The minimum absolute atomic E-state index is 0.0505. The van der Waals surface area contributed by atoms with E-state index in [9.17, 15) is 13.2 Å². The molecule has 0 spiro atoms. The summed E-state index contributed by atoms with van der Waals surface area (Å²) >= 11 is 11.5. The van der Waals surface area contributed by atoms with Crippen LogP contribution in [0.4, 0.5) is 13.2 Å². The Labute approximate surface area is 128 Å². The Morgan fingerprint density at radius 1 is 1.53 bits per heavy atom. The zero-order valence-corrected chi connectivity index (χ0v) is 13.2. The van der Waals surface area contributed by atoms with Crippen LogP contribution in [0.2, 0.25) is 5.15 Å². The Morgan fingerprint density at radius 2 is 2.21 bits per heavy atom. The highest BCUT2D eigenvalue weighted by Crippen LogP contribution is 2.44. The van der Waals surface area contributed by atoms with Gasteiger partial charge in [0.15, 0.2) is 9.49 Å². The third-order valence-electron chi connectivity index (χ3n) is 2.18. The van der Waals surface area contributed by atoms with Crippen LogP contribution in [-0.4, -0.2) is 15.2 Å². The molecule has 0 aliphatic heterocycles. The second-order valence-corrected chi connectivity index (χ2v) is 7.85. The summed E-state index contributed by atoms with van der Waals surface area (Å²) in [7, 11) is 0. The predicted octanol–water partition coefficient (Wildman–Crippen LogP) is 5.15. The molecule has 1 N–H and O–H groups in total. The molecule has 2 rings (SSSR count). The van der Waals surface area contributed by atoms with Gasteiger partial charge in [0, 0.05) is 10.8 Å². The lowest BCUT2D eigenvalue weighted by Gasteiger charge is -2.12. The summed E-state index contributed by atoms with van der Waals surface area (Å²) in [6.45, 7) is 1.63. The fourth-order valence-corrected chi connectivity index (χ4v) is 4.70. The summed E-state index contributed by atoms with van der Waals surface area (Å²) in [6, 6.07) is 0. The second kappa shape index (κ2) is 5.63. The molecule has 0 fully saturated rings. The minimum atomic E-state index is -4.51. The summed E-state index contributed by atoms with van der Waals surface area (Å²) in [5.74, 6) is 0. The van der Waals surface area contributed by atoms with E-state index in [4.69, 9.17) is 11.6 Å². The first-order valence-electron chi connectivity index (χ1n) is 4.88. The predicted molar refractivity (Wildman–Crippen MR) is 72.7 cm³/mol. The van der Waals surface area contributed by atoms with Crippen molar-refractivity contribution in [3.05, 3.63) is 26.4 Å². The fourth-order valence-electron chi connectivity index (χ4n) is 1.42. The van der Waals surface area contributed by atoms with Crippen LogP contribution >= 0.6 is 50.6 Å². The minimum Gasteiger partial charge on any atom is -0.272 e. The Balaban J connectivity index is 2.28. The van der Waals surface area contributed by atoms with Gasteiger partial charge in [-0.25, -0.2) is 4.98 Å². The van der Waals surface area contributed by atoms with E-state index < -0.39 is 17.1 Å². The van der Waals surface area contributed by atoms with Gasteiger partial charge in [-0.15, -0.1) is 11.3 Å². The molecule has 0 aliphatic carbocycles. The van der Waals surface area contributed by atoms with Crippen LogP contribution in [0.1, 0.15) is 23.4 Å². The molecule has 0 saturated heterocycles. The average Bonchev–Trinajstić information content (AvgIpc) is 2.84. The second-order valence-electron chi connectivity index (χ2n) is 3.49. The number of halogens is 5. The number of aromatic nitrogens is 3. The van der Waals surface area contributed by atoms with E-state index in [1.165, 1.54) is 23.1 Å². The highest BCUT2D eigenvalue weighted by molar-refractivity contribution is 9.11. The molecule has 2 aromatic rings. The number of hydrogen-bond acceptors (Lipinski definition) is 4. The number of hydrogen-bond donors (Lipinski definition) is 1. The van der Waals surface area contributed by atoms with Crippen LogP contribution in [0.15, 0.2) is 14.3 Å². The van der Waals surface area contributed by atoms with Crippen LogP contribution in [0.3, 0.4) is 0 Å². The molecule has 0 saturated carbocycles. The van der Waals surface area contributed by atoms with E-state index >= 15 is 0 Å². The van der Waals surface area contributed by atoms with E-state index in [1.54, 1.807) is 13.1 Å². The molecule has 0 radical (unpaired) electrons. The van der Waals surface area contributed by atoms with Gasteiger partial charge in [-0.1, -0.05) is 23.4 Å². The van der Waals surface area contributed by atoms with Gasteiger partial charge >= 0.3 is 6.18 Å². The Hall–Kier alpha value is -0.250. The molecule has 104 valence electrons. The summed E-state index contributed by atoms with van der Waals surface area (Å²) in [5, 5.41) is 4.69. The molecule has 0 aliphatic rings. The maximum atomic E-state index is 12.8.